The largest absolute Gasteiger partial charge is 0.744 e. The van der Waals surface area contributed by atoms with Gasteiger partial charge in [0.2, 0.25) is 34.4 Å². The Balaban J connectivity index is 1.49. The van der Waals surface area contributed by atoms with Gasteiger partial charge in [0.05, 0.1) is 56.1 Å². The van der Waals surface area contributed by atoms with Crippen molar-refractivity contribution in [3.63, 3.8) is 0 Å². The lowest BCUT2D eigenvalue weighted by atomic mass is 10.1. The topological polar surface area (TPSA) is 513 Å². The van der Waals surface area contributed by atoms with Gasteiger partial charge in [0, 0.05) is 37.6 Å². The molecule has 0 fully saturated rings. The van der Waals surface area contributed by atoms with Crippen molar-refractivity contribution in [1.29, 1.82) is 0 Å². The van der Waals surface area contributed by atoms with Gasteiger partial charge in [-0.3, -0.25) is 0 Å². The zero-order valence-corrected chi connectivity index (χ0v) is 43.3. The molecule has 0 radical (unpaired) electrons. The molecule has 2 aromatic heterocycles. The van der Waals surface area contributed by atoms with Crippen LogP contribution in [0.15, 0.2) is 88.6 Å². The van der Waals surface area contributed by atoms with E-state index >= 15 is 0 Å². The molecular weight excluding hydrogens is 1140 g/mol. The number of benzene rings is 4. The standard InChI is InChI=1S/C38H41Cl2N15O17S4/c1-17(58)15-55(16-18(2)59)38-47-34(40)45-36(49-38)43-21-4-6-25(74(64,65)66)23(14-21)51-53-31-27(76(70,71)72)12-19-11-26(75(67,68)69)30(29(41)28(19)32(31)60)52-50-22-13-20(3-5-24(22)73(61,62)63)42-35-44-33(39)46-37(48-35)54(7-9-56)8-10-57/h3-6,11-14,17-18,56-60H,7-10,15-16,41H2,1-2H3,(H,61,62,63)(H,64,65,66)(H,67,68,69)(H,70,71,72)(H,42,44,46,48)(H,43,45,47,49)/p-4. The number of aromatic nitrogens is 6. The highest BCUT2D eigenvalue weighted by Crippen LogP contribution is 2.49. The molecule has 0 saturated heterocycles. The molecule has 2 atom stereocenters. The maximum Gasteiger partial charge on any atom is 0.233 e. The summed E-state index contributed by atoms with van der Waals surface area (Å²) in [6.07, 6.45) is -1.89. The minimum Gasteiger partial charge on any atom is -0.744 e. The molecule has 0 amide bonds. The molecule has 0 aliphatic rings. The molecule has 2 unspecified atom stereocenters. The predicted molar refractivity (Wildman–Crippen MR) is 261 cm³/mol. The quantitative estimate of drug-likeness (QED) is 0.0274. The molecule has 4 aromatic carbocycles. The van der Waals surface area contributed by atoms with Crippen LogP contribution in [-0.4, -0.2) is 159 Å². The lowest BCUT2D eigenvalue weighted by Crippen LogP contribution is -2.37. The predicted octanol–water partition coefficient (Wildman–Crippen LogP) is 2.10. The van der Waals surface area contributed by atoms with Crippen LogP contribution in [0.3, 0.4) is 0 Å². The van der Waals surface area contributed by atoms with E-state index in [4.69, 9.17) is 28.9 Å². The summed E-state index contributed by atoms with van der Waals surface area (Å²) in [7, 11) is -22.5. The van der Waals surface area contributed by atoms with Gasteiger partial charge in [0.25, 0.3) is 0 Å². The van der Waals surface area contributed by atoms with Crippen LogP contribution in [-0.2, 0) is 40.5 Å². The fourth-order valence-corrected chi connectivity index (χ4v) is 9.63. The Labute approximate surface area is 439 Å². The van der Waals surface area contributed by atoms with E-state index in [1.165, 1.54) is 23.6 Å². The number of hydrogen-bond donors (Lipinski definition) is 8. The van der Waals surface area contributed by atoms with E-state index in [1.807, 2.05) is 0 Å². The summed E-state index contributed by atoms with van der Waals surface area (Å²) in [5.74, 6) is -2.36. The zero-order chi connectivity index (χ0) is 56.2. The fourth-order valence-electron chi connectivity index (χ4n) is 6.83. The summed E-state index contributed by atoms with van der Waals surface area (Å²) in [4.78, 5) is 21.7. The number of fused-ring (bicyclic) bond motifs is 1. The number of halogens is 2. The van der Waals surface area contributed by atoms with Crippen molar-refractivity contribution in [3.05, 3.63) is 59.1 Å². The zero-order valence-electron chi connectivity index (χ0n) is 38.5. The fraction of sp³-hybridized carbons (Fsp3) is 0.263. The van der Waals surface area contributed by atoms with E-state index < -0.39 is 141 Å². The third-order valence-corrected chi connectivity index (χ3v) is 13.6. The summed E-state index contributed by atoms with van der Waals surface area (Å²) in [5.41, 5.74) is 0.649. The van der Waals surface area contributed by atoms with Crippen molar-refractivity contribution in [2.24, 2.45) is 20.5 Å². The van der Waals surface area contributed by atoms with Gasteiger partial charge in [-0.1, -0.05) is 0 Å². The van der Waals surface area contributed by atoms with Crippen LogP contribution in [0.1, 0.15) is 13.8 Å². The number of azo groups is 2. The Morgan fingerprint density at radius 3 is 1.38 bits per heavy atom. The molecule has 0 aliphatic carbocycles. The second-order valence-corrected chi connectivity index (χ2v) is 21.7. The van der Waals surface area contributed by atoms with Gasteiger partial charge in [-0.2, -0.15) is 29.9 Å². The molecule has 6 aromatic rings. The summed E-state index contributed by atoms with van der Waals surface area (Å²) in [5, 5.41) is 67.9. The maximum atomic E-state index is 12.7. The summed E-state index contributed by atoms with van der Waals surface area (Å²) >= 11 is 12.2. The third kappa shape index (κ3) is 14.4. The van der Waals surface area contributed by atoms with Crippen LogP contribution in [0.2, 0.25) is 10.6 Å². The van der Waals surface area contributed by atoms with Crippen molar-refractivity contribution in [3.8, 4) is 5.75 Å². The number of nitrogens with two attached hydrogens (primary N) is 1. The minimum atomic E-state index is -5.82. The maximum absolute atomic E-state index is 12.7. The van der Waals surface area contributed by atoms with Crippen LogP contribution >= 0.6 is 23.2 Å². The lowest BCUT2D eigenvalue weighted by molar-refractivity contribution is 0.177. The smallest absolute Gasteiger partial charge is 0.233 e. The highest BCUT2D eigenvalue weighted by molar-refractivity contribution is 7.86. The van der Waals surface area contributed by atoms with Crippen molar-refractivity contribution in [2.75, 3.05) is 65.6 Å². The Morgan fingerprint density at radius 1 is 0.592 bits per heavy atom. The molecule has 0 spiro atoms. The molecule has 0 saturated carbocycles. The number of aromatic hydroxyl groups is 1. The first kappa shape index (κ1) is 58.5. The SMILES string of the molecule is CC(O)CN(CC(C)O)c1nc(Cl)nc(Nc2ccc(S(=O)(=O)[O-])c(N=Nc3c(S(=O)(=O)[O-])cc4cc(S(=O)(=O)[O-])c(N=Nc5cc(Nc6nc(Cl)nc(N(CCO)CCO)n6)ccc5S(=O)(=O)[O-])c(N)c4c3O)c2)n1. The van der Waals surface area contributed by atoms with Crippen LogP contribution in [0.25, 0.3) is 10.8 Å². The number of phenolic OH excluding ortho intramolecular Hbond substituents is 1. The summed E-state index contributed by atoms with van der Waals surface area (Å²) in [6.45, 7) is 1.80. The molecule has 0 aliphatic heterocycles. The van der Waals surface area contributed by atoms with E-state index in [1.54, 1.807) is 0 Å². The Morgan fingerprint density at radius 2 is 0.987 bits per heavy atom. The van der Waals surface area contributed by atoms with Crippen molar-refractivity contribution in [2.45, 2.75) is 45.6 Å². The molecule has 6 rings (SSSR count). The normalized spacial score (nSPS) is 13.4. The number of rotatable bonds is 22. The Bertz CT molecular complexity index is 3740. The molecule has 9 N–H and O–H groups in total. The van der Waals surface area contributed by atoms with Crippen molar-refractivity contribution >= 4 is 138 Å². The lowest BCUT2D eigenvalue weighted by Gasteiger charge is -2.25. The van der Waals surface area contributed by atoms with Crippen LogP contribution < -0.4 is 26.2 Å². The van der Waals surface area contributed by atoms with E-state index in [0.29, 0.717) is 18.2 Å². The summed E-state index contributed by atoms with van der Waals surface area (Å²) < 4.78 is 150. The van der Waals surface area contributed by atoms with Crippen LogP contribution in [0.5, 0.6) is 5.75 Å². The van der Waals surface area contributed by atoms with Gasteiger partial charge in [0.15, 0.2) is 5.75 Å². The second kappa shape index (κ2) is 23.2. The second-order valence-electron chi connectivity index (χ2n) is 15.6. The molecule has 76 heavy (non-hydrogen) atoms. The van der Waals surface area contributed by atoms with Crippen LogP contribution in [0.4, 0.5) is 63.6 Å². The monoisotopic (exact) mass is 1170 g/mol. The first-order valence-electron chi connectivity index (χ1n) is 20.9. The average Bonchev–Trinajstić information content (AvgIpc) is 3.29. The number of phenols is 1. The van der Waals surface area contributed by atoms with Gasteiger partial charge in [0.1, 0.15) is 63.2 Å². The first-order valence-corrected chi connectivity index (χ1v) is 27.3. The van der Waals surface area contributed by atoms with Gasteiger partial charge in [-0.05, 0) is 91.0 Å². The number of nitrogens with zero attached hydrogens (tertiary/aromatic N) is 12. The van der Waals surface area contributed by atoms with Crippen LogP contribution in [0, 0.1) is 0 Å². The molecule has 2 heterocycles. The van der Waals surface area contributed by atoms with Crippen molar-refractivity contribution in [1.82, 2.24) is 29.9 Å². The average molecular weight is 1170 g/mol. The highest BCUT2D eigenvalue weighted by Gasteiger charge is 2.26. The Kier molecular flexibility index (Phi) is 17.9. The molecule has 408 valence electrons. The number of nitrogen functional groups attached to an aromatic ring is 1. The van der Waals surface area contributed by atoms with Gasteiger partial charge >= 0.3 is 0 Å². The number of aliphatic hydroxyl groups excluding tert-OH is 4. The van der Waals surface area contributed by atoms with E-state index in [2.05, 4.69) is 61.0 Å². The number of nitrogens with one attached hydrogen (secondary N) is 2. The molecular formula is C38H37Cl2N15O17S4-4. The van der Waals surface area contributed by atoms with Gasteiger partial charge < -0.3 is 69.9 Å². The molecule has 38 heteroatoms. The minimum absolute atomic E-state index is 0.0619. The van der Waals surface area contributed by atoms with Crippen molar-refractivity contribution < 1.29 is 77.4 Å². The molecule has 32 nitrogen and oxygen atoms in total. The number of anilines is 7. The first-order chi connectivity index (χ1) is 35.4. The summed E-state index contributed by atoms with van der Waals surface area (Å²) in [6, 6.07) is 5.93. The molecule has 0 bridgehead atoms. The third-order valence-electron chi connectivity index (χ3n) is 9.80. The number of aliphatic hydroxyl groups is 4. The Hall–Kier alpha value is -6.78. The van der Waals surface area contributed by atoms with Gasteiger partial charge in [-0.15, -0.1) is 20.5 Å². The van der Waals surface area contributed by atoms with E-state index in [-0.39, 0.29) is 61.3 Å². The highest BCUT2D eigenvalue weighted by atomic mass is 35.5. The van der Waals surface area contributed by atoms with E-state index in [0.717, 1.165) is 30.3 Å². The van der Waals surface area contributed by atoms with E-state index in [9.17, 15) is 77.4 Å². The van der Waals surface area contributed by atoms with Gasteiger partial charge in [-0.25, -0.2) is 33.7 Å². The number of hydrogen-bond acceptors (Lipinski definition) is 32.